The van der Waals surface area contributed by atoms with Crippen molar-refractivity contribution < 1.29 is 13.2 Å². The molecule has 0 amide bonds. The monoisotopic (exact) mass is 282 g/mol. The van der Waals surface area contributed by atoms with E-state index in [1.807, 2.05) is 6.07 Å². The Labute approximate surface area is 114 Å². The first-order valence-corrected chi connectivity index (χ1v) is 5.81. The minimum absolute atomic E-state index is 0.159. The Morgan fingerprint density at radius 1 is 1.30 bits per heavy atom. The van der Waals surface area contributed by atoms with Crippen LogP contribution in [0.15, 0.2) is 36.7 Å². The van der Waals surface area contributed by atoms with E-state index in [0.29, 0.717) is 6.54 Å². The standard InChI is InChI=1S/C13H13F3N4/c1-20(8-9-3-2-4-18-7-9)12-6-10(13(14,15)16)5-11(17)19-12/h2-7H,8H2,1H3,(H2,17,19). The van der Waals surface area contributed by atoms with Gasteiger partial charge in [-0.2, -0.15) is 13.2 Å². The van der Waals surface area contributed by atoms with Gasteiger partial charge in [0.1, 0.15) is 11.6 Å². The van der Waals surface area contributed by atoms with E-state index >= 15 is 0 Å². The number of hydrogen-bond donors (Lipinski definition) is 1. The van der Waals surface area contributed by atoms with Crippen LogP contribution in [0.4, 0.5) is 24.8 Å². The zero-order valence-electron chi connectivity index (χ0n) is 10.7. The third-order valence-electron chi connectivity index (χ3n) is 2.69. The van der Waals surface area contributed by atoms with Crippen LogP contribution in [0.25, 0.3) is 0 Å². The molecule has 2 heterocycles. The van der Waals surface area contributed by atoms with Gasteiger partial charge in [-0.1, -0.05) is 6.07 Å². The molecule has 0 aliphatic rings. The number of alkyl halides is 3. The van der Waals surface area contributed by atoms with Gasteiger partial charge in [-0.3, -0.25) is 4.98 Å². The van der Waals surface area contributed by atoms with E-state index in [9.17, 15) is 13.2 Å². The van der Waals surface area contributed by atoms with Gasteiger partial charge in [0, 0.05) is 26.0 Å². The highest BCUT2D eigenvalue weighted by molar-refractivity contribution is 5.49. The summed E-state index contributed by atoms with van der Waals surface area (Å²) in [5.74, 6) is 0.00837. The van der Waals surface area contributed by atoms with E-state index in [-0.39, 0.29) is 11.6 Å². The Morgan fingerprint density at radius 3 is 2.65 bits per heavy atom. The van der Waals surface area contributed by atoms with Gasteiger partial charge in [-0.05, 0) is 23.8 Å². The molecule has 0 aromatic carbocycles. The SMILES string of the molecule is CN(Cc1cccnc1)c1cc(C(F)(F)F)cc(N)n1. The summed E-state index contributed by atoms with van der Waals surface area (Å²) >= 11 is 0. The Morgan fingerprint density at radius 2 is 2.05 bits per heavy atom. The van der Waals surface area contributed by atoms with Crippen LogP contribution in [0.3, 0.4) is 0 Å². The topological polar surface area (TPSA) is 55.0 Å². The van der Waals surface area contributed by atoms with Crippen molar-refractivity contribution in [1.29, 1.82) is 0 Å². The number of rotatable bonds is 3. The molecule has 20 heavy (non-hydrogen) atoms. The summed E-state index contributed by atoms with van der Waals surface area (Å²) in [6, 6.07) is 5.39. The van der Waals surface area contributed by atoms with Gasteiger partial charge in [0.2, 0.25) is 0 Å². The second-order valence-corrected chi connectivity index (χ2v) is 4.35. The number of halogens is 3. The van der Waals surface area contributed by atoms with Gasteiger partial charge in [-0.25, -0.2) is 4.98 Å². The van der Waals surface area contributed by atoms with Crippen LogP contribution in [0.5, 0.6) is 0 Å². The summed E-state index contributed by atoms with van der Waals surface area (Å²) in [5.41, 5.74) is 5.50. The molecule has 0 atom stereocenters. The molecular weight excluding hydrogens is 269 g/mol. The van der Waals surface area contributed by atoms with Crippen molar-refractivity contribution >= 4 is 11.6 Å². The van der Waals surface area contributed by atoms with Crippen LogP contribution in [-0.2, 0) is 12.7 Å². The first-order valence-electron chi connectivity index (χ1n) is 5.81. The Bertz CT molecular complexity index is 584. The molecule has 0 spiro atoms. The summed E-state index contributed by atoms with van der Waals surface area (Å²) in [4.78, 5) is 9.47. The van der Waals surface area contributed by atoms with Crippen molar-refractivity contribution in [3.63, 3.8) is 0 Å². The summed E-state index contributed by atoms with van der Waals surface area (Å²) in [6.45, 7) is 0.390. The van der Waals surface area contributed by atoms with Crippen LogP contribution < -0.4 is 10.6 Å². The predicted octanol–water partition coefficient (Wildman–Crippen LogP) is 2.71. The van der Waals surface area contributed by atoms with Crippen molar-refractivity contribution in [2.24, 2.45) is 0 Å². The normalized spacial score (nSPS) is 11.4. The highest BCUT2D eigenvalue weighted by Crippen LogP contribution is 2.32. The fraction of sp³-hybridized carbons (Fsp3) is 0.231. The lowest BCUT2D eigenvalue weighted by molar-refractivity contribution is -0.137. The molecule has 0 aliphatic carbocycles. The molecular formula is C13H13F3N4. The summed E-state index contributed by atoms with van der Waals surface area (Å²) < 4.78 is 38.2. The third kappa shape index (κ3) is 3.37. The maximum atomic E-state index is 12.7. The summed E-state index contributed by atoms with van der Waals surface area (Å²) in [5, 5.41) is 0. The Hall–Kier alpha value is -2.31. The lowest BCUT2D eigenvalue weighted by Crippen LogP contribution is -2.19. The molecule has 0 saturated carbocycles. The second-order valence-electron chi connectivity index (χ2n) is 4.35. The van der Waals surface area contributed by atoms with Crippen molar-refractivity contribution in [2.75, 3.05) is 17.7 Å². The number of nitrogens with two attached hydrogens (primary N) is 1. The summed E-state index contributed by atoms with van der Waals surface area (Å²) in [7, 11) is 1.65. The van der Waals surface area contributed by atoms with E-state index in [2.05, 4.69) is 9.97 Å². The van der Waals surface area contributed by atoms with Crippen LogP contribution in [0.2, 0.25) is 0 Å². The van der Waals surface area contributed by atoms with Crippen LogP contribution in [0, 0.1) is 0 Å². The fourth-order valence-corrected chi connectivity index (χ4v) is 1.74. The number of anilines is 2. The minimum Gasteiger partial charge on any atom is -0.384 e. The van der Waals surface area contributed by atoms with Gasteiger partial charge >= 0.3 is 6.18 Å². The average Bonchev–Trinajstić information content (AvgIpc) is 2.38. The summed E-state index contributed by atoms with van der Waals surface area (Å²) in [6.07, 6.45) is -1.17. The van der Waals surface area contributed by atoms with Crippen LogP contribution in [-0.4, -0.2) is 17.0 Å². The molecule has 2 rings (SSSR count). The zero-order valence-corrected chi connectivity index (χ0v) is 10.7. The van der Waals surface area contributed by atoms with E-state index in [1.165, 1.54) is 0 Å². The first-order chi connectivity index (χ1) is 9.36. The largest absolute Gasteiger partial charge is 0.416 e. The van der Waals surface area contributed by atoms with Gasteiger partial charge in [-0.15, -0.1) is 0 Å². The molecule has 2 aromatic heterocycles. The van der Waals surface area contributed by atoms with Crippen molar-refractivity contribution in [1.82, 2.24) is 9.97 Å². The fourth-order valence-electron chi connectivity index (χ4n) is 1.74. The van der Waals surface area contributed by atoms with E-state index < -0.39 is 11.7 Å². The Kier molecular flexibility index (Phi) is 3.78. The number of pyridine rings is 2. The van der Waals surface area contributed by atoms with E-state index in [0.717, 1.165) is 17.7 Å². The predicted molar refractivity (Wildman–Crippen MR) is 70.0 cm³/mol. The highest BCUT2D eigenvalue weighted by atomic mass is 19.4. The maximum absolute atomic E-state index is 12.7. The van der Waals surface area contributed by atoms with Gasteiger partial charge < -0.3 is 10.6 Å². The molecule has 0 aliphatic heterocycles. The maximum Gasteiger partial charge on any atom is 0.416 e. The molecule has 0 bridgehead atoms. The molecule has 0 saturated heterocycles. The third-order valence-corrected chi connectivity index (χ3v) is 2.69. The minimum atomic E-state index is -4.44. The number of nitrogens with zero attached hydrogens (tertiary/aromatic N) is 3. The number of aromatic nitrogens is 2. The molecule has 7 heteroatoms. The lowest BCUT2D eigenvalue weighted by atomic mass is 10.2. The highest BCUT2D eigenvalue weighted by Gasteiger charge is 2.31. The van der Waals surface area contributed by atoms with E-state index in [1.54, 1.807) is 30.4 Å². The number of nitrogen functional groups attached to an aromatic ring is 1. The number of hydrogen-bond acceptors (Lipinski definition) is 4. The lowest BCUT2D eigenvalue weighted by Gasteiger charge is -2.20. The van der Waals surface area contributed by atoms with Crippen molar-refractivity contribution in [3.05, 3.63) is 47.8 Å². The molecule has 106 valence electrons. The molecule has 2 aromatic rings. The average molecular weight is 282 g/mol. The quantitative estimate of drug-likeness (QED) is 0.940. The smallest absolute Gasteiger partial charge is 0.384 e. The van der Waals surface area contributed by atoms with Gasteiger partial charge in [0.15, 0.2) is 0 Å². The molecule has 0 unspecified atom stereocenters. The van der Waals surface area contributed by atoms with Crippen molar-refractivity contribution in [2.45, 2.75) is 12.7 Å². The van der Waals surface area contributed by atoms with Gasteiger partial charge in [0.25, 0.3) is 0 Å². The second kappa shape index (κ2) is 5.36. The van der Waals surface area contributed by atoms with Crippen LogP contribution in [0.1, 0.15) is 11.1 Å². The van der Waals surface area contributed by atoms with Gasteiger partial charge in [0.05, 0.1) is 5.56 Å². The molecule has 4 nitrogen and oxygen atoms in total. The molecule has 0 radical (unpaired) electrons. The van der Waals surface area contributed by atoms with E-state index in [4.69, 9.17) is 5.73 Å². The van der Waals surface area contributed by atoms with Crippen molar-refractivity contribution in [3.8, 4) is 0 Å². The zero-order chi connectivity index (χ0) is 14.8. The molecule has 0 fully saturated rings. The molecule has 2 N–H and O–H groups in total. The Balaban J connectivity index is 2.26. The first kappa shape index (κ1) is 14.1. The van der Waals surface area contributed by atoms with Crippen LogP contribution >= 0.6 is 0 Å².